The first-order valence-corrected chi connectivity index (χ1v) is 11.3. The molecule has 1 aliphatic heterocycles. The summed E-state index contributed by atoms with van der Waals surface area (Å²) >= 11 is 7.33. The Balaban J connectivity index is 1.48. The van der Waals surface area contributed by atoms with Crippen molar-refractivity contribution < 1.29 is 13.2 Å². The summed E-state index contributed by atoms with van der Waals surface area (Å²) in [5.41, 5.74) is 0.757. The summed E-state index contributed by atoms with van der Waals surface area (Å²) in [7, 11) is -2.00. The van der Waals surface area contributed by atoms with Crippen LogP contribution in [0.25, 0.3) is 10.2 Å². The Kier molecular flexibility index (Phi) is 5.13. The first kappa shape index (κ1) is 19.3. The lowest BCUT2D eigenvalue weighted by atomic mass is 9.99. The Bertz CT molecular complexity index is 1140. The molecule has 1 fully saturated rings. The van der Waals surface area contributed by atoms with Crippen LogP contribution in [0.1, 0.15) is 12.8 Å². The second-order valence-corrected chi connectivity index (χ2v) is 10.1. The van der Waals surface area contributed by atoms with Gasteiger partial charge in [-0.2, -0.15) is 4.31 Å². The number of piperidine rings is 1. The SMILES string of the molecule is Cn1cnc(S(=O)(=O)N2CCC[C@@H](C(=O)Nc3nc4ccc(Cl)cc4s3)C2)c1. The third-order valence-corrected chi connectivity index (χ3v) is 7.54. The predicted octanol–water partition coefficient (Wildman–Crippen LogP) is 2.72. The van der Waals surface area contributed by atoms with Crippen LogP contribution in [-0.4, -0.2) is 46.3 Å². The van der Waals surface area contributed by atoms with Crippen LogP contribution in [0.3, 0.4) is 0 Å². The molecule has 1 atom stereocenters. The zero-order valence-electron chi connectivity index (χ0n) is 15.0. The normalized spacial score (nSPS) is 18.4. The summed E-state index contributed by atoms with van der Waals surface area (Å²) in [4.78, 5) is 21.0. The van der Waals surface area contributed by atoms with E-state index in [1.54, 1.807) is 29.8 Å². The number of hydrogen-bond acceptors (Lipinski definition) is 6. The number of imidazole rings is 1. The minimum absolute atomic E-state index is 0.000824. The number of hydrogen-bond donors (Lipinski definition) is 1. The third-order valence-electron chi connectivity index (χ3n) is 4.62. The molecule has 0 unspecified atom stereocenters. The van der Waals surface area contributed by atoms with Crippen molar-refractivity contribution in [2.24, 2.45) is 13.0 Å². The van der Waals surface area contributed by atoms with Gasteiger partial charge in [-0.1, -0.05) is 22.9 Å². The predicted molar refractivity (Wildman–Crippen MR) is 108 cm³/mol. The summed E-state index contributed by atoms with van der Waals surface area (Å²) < 4.78 is 29.3. The molecule has 11 heteroatoms. The number of amides is 1. The molecule has 1 aliphatic rings. The number of nitrogens with zero attached hydrogens (tertiary/aromatic N) is 4. The highest BCUT2D eigenvalue weighted by molar-refractivity contribution is 7.89. The summed E-state index contributed by atoms with van der Waals surface area (Å²) in [6, 6.07) is 5.34. The minimum Gasteiger partial charge on any atom is -0.339 e. The lowest BCUT2D eigenvalue weighted by Gasteiger charge is -2.30. The van der Waals surface area contributed by atoms with Gasteiger partial charge in [0, 0.05) is 31.4 Å². The molecule has 0 saturated carbocycles. The van der Waals surface area contributed by atoms with Gasteiger partial charge in [0.25, 0.3) is 10.0 Å². The van der Waals surface area contributed by atoms with Crippen molar-refractivity contribution in [2.75, 3.05) is 18.4 Å². The van der Waals surface area contributed by atoms with E-state index in [2.05, 4.69) is 15.3 Å². The monoisotopic (exact) mass is 439 g/mol. The number of fused-ring (bicyclic) bond motifs is 1. The molecule has 1 N–H and O–H groups in total. The molecular formula is C17H18ClN5O3S2. The number of sulfonamides is 1. The van der Waals surface area contributed by atoms with Crippen LogP contribution in [0.4, 0.5) is 5.13 Å². The molecule has 1 amide bonds. The maximum atomic E-state index is 12.8. The van der Waals surface area contributed by atoms with Gasteiger partial charge < -0.3 is 9.88 Å². The summed E-state index contributed by atoms with van der Waals surface area (Å²) in [6.07, 6.45) is 4.14. The van der Waals surface area contributed by atoms with Crippen LogP contribution in [-0.2, 0) is 21.9 Å². The van der Waals surface area contributed by atoms with Gasteiger partial charge >= 0.3 is 0 Å². The quantitative estimate of drug-likeness (QED) is 0.674. The Labute approximate surface area is 171 Å². The van der Waals surface area contributed by atoms with Crippen LogP contribution in [0.5, 0.6) is 0 Å². The topological polar surface area (TPSA) is 97.2 Å². The molecule has 3 aromatic rings. The van der Waals surface area contributed by atoms with Crippen LogP contribution >= 0.6 is 22.9 Å². The molecule has 4 rings (SSSR count). The van der Waals surface area contributed by atoms with E-state index in [1.807, 2.05) is 0 Å². The number of carbonyl (C=O) groups excluding carboxylic acids is 1. The van der Waals surface area contributed by atoms with Gasteiger partial charge in [0.15, 0.2) is 10.2 Å². The summed E-state index contributed by atoms with van der Waals surface area (Å²) in [6.45, 7) is 0.504. The molecule has 2 aromatic heterocycles. The highest BCUT2D eigenvalue weighted by atomic mass is 35.5. The van der Waals surface area contributed by atoms with Gasteiger partial charge in [-0.25, -0.2) is 18.4 Å². The number of halogens is 1. The van der Waals surface area contributed by atoms with Crippen molar-refractivity contribution in [3.05, 3.63) is 35.7 Å². The van der Waals surface area contributed by atoms with Crippen molar-refractivity contribution in [2.45, 2.75) is 17.9 Å². The Morgan fingerprint density at radius 3 is 2.96 bits per heavy atom. The van der Waals surface area contributed by atoms with E-state index in [0.29, 0.717) is 29.5 Å². The molecule has 148 valence electrons. The lowest BCUT2D eigenvalue weighted by molar-refractivity contribution is -0.120. The standard InChI is InChI=1S/C17H18ClN5O3S2/c1-22-9-15(19-10-22)28(25,26)23-6-2-3-11(8-23)16(24)21-17-20-13-5-4-12(18)7-14(13)27-17/h4-5,7,9-11H,2-3,6,8H2,1H3,(H,20,21,24)/t11-/m1/s1. The third kappa shape index (κ3) is 3.77. The average molecular weight is 440 g/mol. The number of anilines is 1. The Morgan fingerprint density at radius 2 is 2.21 bits per heavy atom. The number of rotatable bonds is 4. The minimum atomic E-state index is -3.71. The van der Waals surface area contributed by atoms with Gasteiger partial charge in [-0.05, 0) is 31.0 Å². The van der Waals surface area contributed by atoms with Gasteiger partial charge in [0.1, 0.15) is 0 Å². The van der Waals surface area contributed by atoms with E-state index in [4.69, 9.17) is 11.6 Å². The van der Waals surface area contributed by atoms with Gasteiger partial charge in [-0.15, -0.1) is 0 Å². The van der Waals surface area contributed by atoms with E-state index in [9.17, 15) is 13.2 Å². The fraction of sp³-hybridized carbons (Fsp3) is 0.353. The molecule has 3 heterocycles. The lowest BCUT2D eigenvalue weighted by Crippen LogP contribution is -2.43. The molecule has 0 spiro atoms. The van der Waals surface area contributed by atoms with E-state index in [-0.39, 0.29) is 17.5 Å². The average Bonchev–Trinajstić information content (AvgIpc) is 3.27. The van der Waals surface area contributed by atoms with E-state index in [1.165, 1.54) is 28.2 Å². The largest absolute Gasteiger partial charge is 0.339 e. The summed E-state index contributed by atoms with van der Waals surface area (Å²) in [5.74, 6) is -0.672. The first-order chi connectivity index (χ1) is 13.3. The highest BCUT2D eigenvalue weighted by Crippen LogP contribution is 2.29. The molecule has 8 nitrogen and oxygen atoms in total. The molecular weight excluding hydrogens is 422 g/mol. The summed E-state index contributed by atoms with van der Waals surface area (Å²) in [5, 5.41) is 3.91. The van der Waals surface area contributed by atoms with Crippen molar-refractivity contribution in [1.29, 1.82) is 0 Å². The Morgan fingerprint density at radius 1 is 1.39 bits per heavy atom. The van der Waals surface area contributed by atoms with Crippen molar-refractivity contribution in [3.63, 3.8) is 0 Å². The number of aromatic nitrogens is 3. The zero-order chi connectivity index (χ0) is 19.9. The van der Waals surface area contributed by atoms with Crippen molar-refractivity contribution in [1.82, 2.24) is 18.8 Å². The fourth-order valence-electron chi connectivity index (χ4n) is 3.19. The maximum Gasteiger partial charge on any atom is 0.262 e. The van der Waals surface area contributed by atoms with Crippen LogP contribution in [0.15, 0.2) is 35.7 Å². The molecule has 0 aliphatic carbocycles. The molecule has 0 radical (unpaired) electrons. The zero-order valence-corrected chi connectivity index (χ0v) is 17.4. The molecule has 0 bridgehead atoms. The van der Waals surface area contributed by atoms with Crippen molar-refractivity contribution in [3.8, 4) is 0 Å². The highest BCUT2D eigenvalue weighted by Gasteiger charge is 2.34. The number of carbonyl (C=O) groups is 1. The number of aryl methyl sites for hydroxylation is 1. The smallest absolute Gasteiger partial charge is 0.262 e. The molecule has 28 heavy (non-hydrogen) atoms. The maximum absolute atomic E-state index is 12.8. The van der Waals surface area contributed by atoms with Crippen LogP contribution in [0.2, 0.25) is 5.02 Å². The first-order valence-electron chi connectivity index (χ1n) is 8.68. The Hall–Kier alpha value is -2.01. The van der Waals surface area contributed by atoms with E-state index >= 15 is 0 Å². The van der Waals surface area contributed by atoms with E-state index < -0.39 is 15.9 Å². The second kappa shape index (κ2) is 7.43. The van der Waals surface area contributed by atoms with Crippen LogP contribution in [0, 0.1) is 5.92 Å². The van der Waals surface area contributed by atoms with Gasteiger partial charge in [-0.3, -0.25) is 4.79 Å². The number of nitrogens with one attached hydrogen (secondary N) is 1. The van der Waals surface area contributed by atoms with E-state index in [0.717, 1.165) is 10.2 Å². The fourth-order valence-corrected chi connectivity index (χ4v) is 5.82. The number of benzene rings is 1. The number of thiazole rings is 1. The van der Waals surface area contributed by atoms with Crippen molar-refractivity contribution >= 4 is 54.2 Å². The second-order valence-electron chi connectivity index (χ2n) is 6.70. The van der Waals surface area contributed by atoms with Gasteiger partial charge in [0.2, 0.25) is 5.91 Å². The molecule has 1 aromatic carbocycles. The van der Waals surface area contributed by atoms with Crippen LogP contribution < -0.4 is 5.32 Å². The van der Waals surface area contributed by atoms with Gasteiger partial charge in [0.05, 0.1) is 22.5 Å². The molecule has 1 saturated heterocycles.